The van der Waals surface area contributed by atoms with E-state index in [1.54, 1.807) is 11.9 Å². The van der Waals surface area contributed by atoms with Gasteiger partial charge in [0, 0.05) is 19.3 Å². The minimum absolute atomic E-state index is 0.0490. The Labute approximate surface area is 132 Å². The van der Waals surface area contributed by atoms with Crippen LogP contribution in [0.2, 0.25) is 0 Å². The highest BCUT2D eigenvalue weighted by atomic mass is 35.5. The zero-order valence-electron chi connectivity index (χ0n) is 13.2. The third-order valence-electron chi connectivity index (χ3n) is 4.31. The number of benzene rings is 1. The first-order chi connectivity index (χ1) is 10.1. The molecule has 1 aliphatic rings. The summed E-state index contributed by atoms with van der Waals surface area (Å²) in [5, 5.41) is 2.95. The zero-order chi connectivity index (χ0) is 15.4. The highest BCUT2D eigenvalue weighted by Crippen LogP contribution is 2.36. The van der Waals surface area contributed by atoms with Gasteiger partial charge in [-0.25, -0.2) is 4.79 Å². The molecule has 21 heavy (non-hydrogen) atoms. The van der Waals surface area contributed by atoms with E-state index in [1.165, 1.54) is 24.8 Å². The van der Waals surface area contributed by atoms with Crippen molar-refractivity contribution in [3.05, 3.63) is 29.3 Å². The molecular weight excluding hydrogens is 284 g/mol. The van der Waals surface area contributed by atoms with Crippen LogP contribution in [-0.4, -0.2) is 18.0 Å². The molecule has 2 amide bonds. The molecule has 2 atom stereocenters. The maximum atomic E-state index is 11.6. The van der Waals surface area contributed by atoms with Gasteiger partial charge in [-0.1, -0.05) is 45.2 Å². The Kier molecular flexibility index (Phi) is 5.51. The number of hydrogen-bond donors (Lipinski definition) is 1. The summed E-state index contributed by atoms with van der Waals surface area (Å²) >= 11 is 6.71. The molecule has 0 spiro atoms. The van der Waals surface area contributed by atoms with Gasteiger partial charge in [0.2, 0.25) is 0 Å². The number of carbonyl (C=O) groups is 1. The maximum absolute atomic E-state index is 11.6. The van der Waals surface area contributed by atoms with Crippen LogP contribution in [0.15, 0.2) is 18.2 Å². The lowest BCUT2D eigenvalue weighted by Crippen LogP contribution is -2.35. The van der Waals surface area contributed by atoms with Gasteiger partial charge in [-0.3, -0.25) is 0 Å². The van der Waals surface area contributed by atoms with E-state index < -0.39 is 0 Å². The Hall–Kier alpha value is -1.22. The molecule has 1 heterocycles. The summed E-state index contributed by atoms with van der Waals surface area (Å²) in [6.07, 6.45) is 4.71. The first-order valence-electron chi connectivity index (χ1n) is 7.85. The summed E-state index contributed by atoms with van der Waals surface area (Å²) in [7, 11) is 1.80. The van der Waals surface area contributed by atoms with E-state index in [-0.39, 0.29) is 11.4 Å². The number of fused-ring (bicyclic) bond motifs is 1. The second-order valence-electron chi connectivity index (χ2n) is 5.92. The quantitative estimate of drug-likeness (QED) is 0.723. The summed E-state index contributed by atoms with van der Waals surface area (Å²) in [5.74, 6) is 0.514. The first kappa shape index (κ1) is 16.2. The molecule has 1 aliphatic heterocycles. The van der Waals surface area contributed by atoms with Gasteiger partial charge >= 0.3 is 6.03 Å². The van der Waals surface area contributed by atoms with E-state index >= 15 is 0 Å². The van der Waals surface area contributed by atoms with Gasteiger partial charge in [0.15, 0.2) is 0 Å². The number of unbranched alkanes of at least 4 members (excludes halogenated alkanes) is 1. The maximum Gasteiger partial charge on any atom is 0.321 e. The van der Waals surface area contributed by atoms with Crippen molar-refractivity contribution in [1.82, 2.24) is 4.90 Å². The molecule has 1 aromatic carbocycles. The van der Waals surface area contributed by atoms with E-state index in [4.69, 9.17) is 11.6 Å². The lowest BCUT2D eigenvalue weighted by atomic mass is 9.90. The molecule has 0 aliphatic carbocycles. The Morgan fingerprint density at radius 1 is 1.38 bits per heavy atom. The molecular formula is C17H25ClN2O. The van der Waals surface area contributed by atoms with E-state index in [2.05, 4.69) is 31.3 Å². The van der Waals surface area contributed by atoms with Gasteiger partial charge in [0.25, 0.3) is 0 Å². The molecule has 0 radical (unpaired) electrons. The fourth-order valence-electron chi connectivity index (χ4n) is 2.87. The normalized spacial score (nSPS) is 17.1. The average molecular weight is 309 g/mol. The van der Waals surface area contributed by atoms with E-state index in [0.29, 0.717) is 12.5 Å². The molecule has 1 aromatic rings. The second kappa shape index (κ2) is 7.17. The number of urea groups is 1. The van der Waals surface area contributed by atoms with Gasteiger partial charge < -0.3 is 10.2 Å². The van der Waals surface area contributed by atoms with Crippen molar-refractivity contribution < 1.29 is 4.79 Å². The lowest BCUT2D eigenvalue weighted by Gasteiger charge is -2.28. The Balaban J connectivity index is 2.17. The molecule has 0 saturated carbocycles. The van der Waals surface area contributed by atoms with Gasteiger partial charge in [-0.15, -0.1) is 11.6 Å². The number of alkyl halides is 1. The Morgan fingerprint density at radius 3 is 2.81 bits per heavy atom. The largest absolute Gasteiger partial charge is 0.323 e. The van der Waals surface area contributed by atoms with Crippen molar-refractivity contribution in [1.29, 1.82) is 0 Å². The summed E-state index contributed by atoms with van der Waals surface area (Å²) < 4.78 is 0. The molecule has 0 aromatic heterocycles. The monoisotopic (exact) mass is 308 g/mol. The number of carbonyl (C=O) groups excluding carboxylic acids is 1. The average Bonchev–Trinajstić information content (AvgIpc) is 2.48. The van der Waals surface area contributed by atoms with Crippen LogP contribution in [0.1, 0.15) is 56.0 Å². The number of halogens is 1. The molecule has 0 fully saturated rings. The van der Waals surface area contributed by atoms with E-state index in [1.807, 2.05) is 6.07 Å². The van der Waals surface area contributed by atoms with Crippen LogP contribution in [0.5, 0.6) is 0 Å². The van der Waals surface area contributed by atoms with Crippen molar-refractivity contribution in [2.45, 2.75) is 51.5 Å². The van der Waals surface area contributed by atoms with Crippen LogP contribution in [-0.2, 0) is 6.54 Å². The first-order valence-corrected chi connectivity index (χ1v) is 8.29. The standard InChI is InChI=1S/C17H25ClN2O/c1-4-6-7-12(5-2)16(18)13-8-9-15-14(10-13)11-20(3)17(21)19-15/h8-10,12,16H,4-7,11H2,1-3H3,(H,19,21). The topological polar surface area (TPSA) is 32.3 Å². The Morgan fingerprint density at radius 2 is 2.14 bits per heavy atom. The van der Waals surface area contributed by atoms with Gasteiger partial charge in [0.05, 0.1) is 5.38 Å². The third kappa shape index (κ3) is 3.70. The molecule has 0 bridgehead atoms. The molecule has 4 heteroatoms. The number of nitrogens with zero attached hydrogens (tertiary/aromatic N) is 1. The third-order valence-corrected chi connectivity index (χ3v) is 4.92. The summed E-state index contributed by atoms with van der Waals surface area (Å²) in [5.41, 5.74) is 3.22. The molecule has 2 unspecified atom stereocenters. The van der Waals surface area contributed by atoms with Crippen LogP contribution in [0.25, 0.3) is 0 Å². The predicted octanol–water partition coefficient (Wildman–Crippen LogP) is 5.16. The van der Waals surface area contributed by atoms with Crippen molar-refractivity contribution in [2.75, 3.05) is 12.4 Å². The van der Waals surface area contributed by atoms with Gasteiger partial charge in [-0.2, -0.15) is 0 Å². The number of hydrogen-bond acceptors (Lipinski definition) is 1. The predicted molar refractivity (Wildman–Crippen MR) is 88.8 cm³/mol. The van der Waals surface area contributed by atoms with Gasteiger partial charge in [0.1, 0.15) is 0 Å². The zero-order valence-corrected chi connectivity index (χ0v) is 13.9. The fraction of sp³-hybridized carbons (Fsp3) is 0.588. The highest BCUT2D eigenvalue weighted by molar-refractivity contribution is 6.21. The van der Waals surface area contributed by atoms with Crippen molar-refractivity contribution in [2.24, 2.45) is 5.92 Å². The highest BCUT2D eigenvalue weighted by Gasteiger charge is 2.23. The molecule has 116 valence electrons. The molecule has 3 nitrogen and oxygen atoms in total. The molecule has 2 rings (SSSR count). The summed E-state index contributed by atoms with van der Waals surface area (Å²) in [6.45, 7) is 5.07. The van der Waals surface area contributed by atoms with E-state index in [9.17, 15) is 4.79 Å². The minimum Gasteiger partial charge on any atom is -0.323 e. The second-order valence-corrected chi connectivity index (χ2v) is 6.39. The SMILES string of the molecule is CCCCC(CC)C(Cl)c1ccc2c(c1)CN(C)C(=O)N2. The van der Waals surface area contributed by atoms with Crippen LogP contribution in [0, 0.1) is 5.92 Å². The minimum atomic E-state index is -0.0490. The number of amides is 2. The van der Waals surface area contributed by atoms with Crippen molar-refractivity contribution >= 4 is 23.3 Å². The van der Waals surface area contributed by atoms with Crippen LogP contribution in [0.3, 0.4) is 0 Å². The van der Waals surface area contributed by atoms with Gasteiger partial charge in [-0.05, 0) is 29.5 Å². The van der Waals surface area contributed by atoms with Crippen LogP contribution in [0.4, 0.5) is 10.5 Å². The Bertz CT molecular complexity index is 504. The van der Waals surface area contributed by atoms with Crippen molar-refractivity contribution in [3.63, 3.8) is 0 Å². The van der Waals surface area contributed by atoms with E-state index in [0.717, 1.165) is 17.7 Å². The van der Waals surface area contributed by atoms with Crippen molar-refractivity contribution in [3.8, 4) is 0 Å². The molecule has 1 N–H and O–H groups in total. The smallest absolute Gasteiger partial charge is 0.321 e. The summed E-state index contributed by atoms with van der Waals surface area (Å²) in [4.78, 5) is 13.3. The fourth-order valence-corrected chi connectivity index (χ4v) is 3.31. The number of anilines is 1. The summed E-state index contributed by atoms with van der Waals surface area (Å²) in [6, 6.07) is 6.14. The lowest BCUT2D eigenvalue weighted by molar-refractivity contribution is 0.218. The number of rotatable bonds is 6. The number of nitrogens with one attached hydrogen (secondary N) is 1. The molecule has 0 saturated heterocycles. The van der Waals surface area contributed by atoms with Crippen LogP contribution < -0.4 is 5.32 Å². The van der Waals surface area contributed by atoms with Crippen LogP contribution >= 0.6 is 11.6 Å².